The molecule has 6 heteroatoms. The lowest BCUT2D eigenvalue weighted by molar-refractivity contribution is -0.423. The Morgan fingerprint density at radius 1 is 0.567 bits per heavy atom. The number of carboxylic acids is 2. The molecule has 0 amide bonds. The normalized spacial score (nSPS) is 18.7. The van der Waals surface area contributed by atoms with Crippen LogP contribution in [0.3, 0.4) is 0 Å². The van der Waals surface area contributed by atoms with E-state index in [0.717, 1.165) is 36.3 Å². The Bertz CT molecular complexity index is 535. The third kappa shape index (κ3) is 12.6. The highest BCUT2D eigenvalue weighted by atomic mass is 16.4. The first-order valence-electron chi connectivity index (χ1n) is 11.6. The second-order valence-electron chi connectivity index (χ2n) is 8.57. The second-order valence-corrected chi connectivity index (χ2v) is 8.57. The van der Waals surface area contributed by atoms with Crippen molar-refractivity contribution in [3.05, 3.63) is 35.4 Å². The monoisotopic (exact) mass is 420 g/mol. The van der Waals surface area contributed by atoms with Gasteiger partial charge >= 0.3 is 0 Å². The Kier molecular flexibility index (Phi) is 13.8. The third-order valence-electron chi connectivity index (χ3n) is 5.81. The summed E-state index contributed by atoms with van der Waals surface area (Å²) in [5.41, 5.74) is 8.09. The number of carbonyl (C=O) groups excluding carboxylic acids is 2. The first-order valence-corrected chi connectivity index (χ1v) is 11.6. The summed E-state index contributed by atoms with van der Waals surface area (Å²) in [5.74, 6) is -2.67. The van der Waals surface area contributed by atoms with Crippen LogP contribution in [0.15, 0.2) is 24.3 Å². The number of hydrogen-bond acceptors (Lipinski definition) is 4. The van der Waals surface area contributed by atoms with E-state index in [0.29, 0.717) is 0 Å². The topological polar surface area (TPSA) is 136 Å². The van der Waals surface area contributed by atoms with Gasteiger partial charge < -0.3 is 31.3 Å². The average Bonchev–Trinajstić information content (AvgIpc) is 2.69. The predicted octanol–water partition coefficient (Wildman–Crippen LogP) is 1.10. The maximum Gasteiger partial charge on any atom is 0.0843 e. The Morgan fingerprint density at radius 2 is 0.800 bits per heavy atom. The maximum absolute atomic E-state index is 10.2. The summed E-state index contributed by atoms with van der Waals surface area (Å²) in [7, 11) is 0. The van der Waals surface area contributed by atoms with Crippen molar-refractivity contribution in [2.24, 2.45) is 0 Å². The van der Waals surface area contributed by atoms with Gasteiger partial charge in [0, 0.05) is 0 Å². The predicted molar refractivity (Wildman–Crippen MR) is 113 cm³/mol. The van der Waals surface area contributed by atoms with Crippen molar-refractivity contribution in [1.29, 1.82) is 0 Å². The second kappa shape index (κ2) is 15.9. The Balaban J connectivity index is 0.000000229. The molecule has 0 saturated heterocycles. The van der Waals surface area contributed by atoms with Crippen LogP contribution in [-0.2, 0) is 0 Å². The van der Waals surface area contributed by atoms with Gasteiger partial charge in [0.2, 0.25) is 0 Å². The minimum absolute atomic E-state index is 0.0556. The van der Waals surface area contributed by atoms with E-state index in [1.54, 1.807) is 0 Å². The summed E-state index contributed by atoms with van der Waals surface area (Å²) >= 11 is 0. The molecule has 30 heavy (non-hydrogen) atoms. The fourth-order valence-electron chi connectivity index (χ4n) is 3.82. The molecule has 0 spiro atoms. The van der Waals surface area contributed by atoms with Gasteiger partial charge in [0.25, 0.3) is 0 Å². The van der Waals surface area contributed by atoms with Crippen LogP contribution >= 0.6 is 0 Å². The number of aromatic carboxylic acids is 2. The molecule has 0 bridgehead atoms. The van der Waals surface area contributed by atoms with Crippen LogP contribution in [-0.4, -0.2) is 24.0 Å². The van der Waals surface area contributed by atoms with E-state index >= 15 is 0 Å². The molecule has 0 heterocycles. The van der Waals surface area contributed by atoms with E-state index in [-0.39, 0.29) is 11.1 Å². The van der Waals surface area contributed by atoms with Gasteiger partial charge in [-0.25, -0.2) is 0 Å². The first-order chi connectivity index (χ1) is 14.4. The van der Waals surface area contributed by atoms with E-state index in [1.807, 2.05) is 0 Å². The zero-order chi connectivity index (χ0) is 22.2. The fourth-order valence-corrected chi connectivity index (χ4v) is 3.82. The van der Waals surface area contributed by atoms with Gasteiger partial charge in [-0.1, -0.05) is 62.8 Å². The minimum atomic E-state index is -1.33. The van der Waals surface area contributed by atoms with E-state index in [1.165, 1.54) is 89.9 Å². The molecule has 0 radical (unpaired) electrons. The van der Waals surface area contributed by atoms with Gasteiger partial charge in [0.05, 0.1) is 24.0 Å². The van der Waals surface area contributed by atoms with Gasteiger partial charge in [0.1, 0.15) is 0 Å². The first kappa shape index (κ1) is 26.1. The van der Waals surface area contributed by atoms with Crippen molar-refractivity contribution in [2.75, 3.05) is 0 Å². The minimum Gasteiger partial charge on any atom is -0.545 e. The lowest BCUT2D eigenvalue weighted by atomic mass is 9.98. The lowest BCUT2D eigenvalue weighted by Crippen LogP contribution is -2.60. The molecule has 1 aromatic rings. The summed E-state index contributed by atoms with van der Waals surface area (Å²) in [5, 5.41) is 20.4. The molecule has 2 aliphatic carbocycles. The number of carbonyl (C=O) groups is 2. The number of rotatable bonds is 2. The van der Waals surface area contributed by atoms with Gasteiger partial charge in [-0.05, 0) is 62.5 Å². The van der Waals surface area contributed by atoms with Gasteiger partial charge in [-0.3, -0.25) is 0 Å². The highest BCUT2D eigenvalue weighted by molar-refractivity contribution is 5.89. The lowest BCUT2D eigenvalue weighted by Gasteiger charge is -2.11. The Morgan fingerprint density at radius 3 is 1.03 bits per heavy atom. The highest BCUT2D eigenvalue weighted by Gasteiger charge is 2.08. The fraction of sp³-hybridized carbons (Fsp3) is 0.667. The molecule has 2 saturated carbocycles. The van der Waals surface area contributed by atoms with E-state index in [2.05, 4.69) is 11.5 Å². The zero-order valence-electron chi connectivity index (χ0n) is 18.4. The molecular weight excluding hydrogens is 380 g/mol. The van der Waals surface area contributed by atoms with Gasteiger partial charge in [0.15, 0.2) is 0 Å². The van der Waals surface area contributed by atoms with Crippen LogP contribution in [0, 0.1) is 0 Å². The van der Waals surface area contributed by atoms with Crippen LogP contribution in [0.4, 0.5) is 0 Å². The number of quaternary nitrogens is 2. The molecule has 6 N–H and O–H groups in total. The summed E-state index contributed by atoms with van der Waals surface area (Å²) in [6.07, 6.45) is 19.9. The molecule has 2 aliphatic rings. The molecule has 0 unspecified atom stereocenters. The molecule has 0 aromatic heterocycles. The average molecular weight is 421 g/mol. The molecule has 0 aliphatic heterocycles. The van der Waals surface area contributed by atoms with Crippen LogP contribution < -0.4 is 21.7 Å². The van der Waals surface area contributed by atoms with Gasteiger partial charge in [-0.15, -0.1) is 0 Å². The molecule has 6 nitrogen and oxygen atoms in total. The van der Waals surface area contributed by atoms with Crippen molar-refractivity contribution in [1.82, 2.24) is 0 Å². The van der Waals surface area contributed by atoms with E-state index in [9.17, 15) is 19.8 Å². The van der Waals surface area contributed by atoms with Crippen LogP contribution in [0.1, 0.15) is 111 Å². The molecule has 0 atom stereocenters. The standard InChI is InChI=1S/2C8H17N.C8H6O4/c2*9-8-6-4-2-1-3-5-7-8;9-7(10)5-1-2-6(4-3-5)8(11)12/h2*8H,1-7,9H2;1-4H,(H,9,10)(H,11,12). The van der Waals surface area contributed by atoms with Crippen molar-refractivity contribution in [3.63, 3.8) is 0 Å². The Labute approximate surface area is 181 Å². The quantitative estimate of drug-likeness (QED) is 0.740. The smallest absolute Gasteiger partial charge is 0.0843 e. The Hall–Kier alpha value is -1.92. The molecule has 1 aromatic carbocycles. The maximum atomic E-state index is 10.2. The number of hydrogen-bond donors (Lipinski definition) is 2. The van der Waals surface area contributed by atoms with Crippen LogP contribution in [0.5, 0.6) is 0 Å². The molecule has 170 valence electrons. The van der Waals surface area contributed by atoms with Crippen molar-refractivity contribution in [3.8, 4) is 0 Å². The largest absolute Gasteiger partial charge is 0.545 e. The highest BCUT2D eigenvalue weighted by Crippen LogP contribution is 2.15. The summed E-state index contributed by atoms with van der Waals surface area (Å²) in [4.78, 5) is 20.4. The number of benzene rings is 1. The molecular formula is C24H40N2O4. The van der Waals surface area contributed by atoms with Crippen molar-refractivity contribution < 1.29 is 31.3 Å². The van der Waals surface area contributed by atoms with Gasteiger partial charge in [-0.2, -0.15) is 0 Å². The molecule has 3 rings (SSSR count). The molecule has 2 fully saturated rings. The van der Waals surface area contributed by atoms with E-state index < -0.39 is 11.9 Å². The zero-order valence-corrected chi connectivity index (χ0v) is 18.4. The summed E-state index contributed by atoms with van der Waals surface area (Å²) < 4.78 is 0. The van der Waals surface area contributed by atoms with Crippen LogP contribution in [0.25, 0.3) is 0 Å². The van der Waals surface area contributed by atoms with Crippen LogP contribution in [0.2, 0.25) is 0 Å². The van der Waals surface area contributed by atoms with Crippen molar-refractivity contribution in [2.45, 2.75) is 102 Å². The number of carboxylic acid groups (broad SMARTS) is 2. The summed E-state index contributed by atoms with van der Waals surface area (Å²) in [6.45, 7) is 0. The van der Waals surface area contributed by atoms with Crippen molar-refractivity contribution >= 4 is 11.9 Å². The summed E-state index contributed by atoms with van der Waals surface area (Å²) in [6, 6.07) is 6.15. The third-order valence-corrected chi connectivity index (χ3v) is 5.81. The SMILES string of the molecule is O=C([O-])c1ccc(C(=O)[O-])cc1.[NH3+]C1CCCCCCC1.[NH3+]C1CCCCCCC1. The van der Waals surface area contributed by atoms with E-state index in [4.69, 9.17) is 0 Å².